The van der Waals surface area contributed by atoms with Crippen LogP contribution in [0.2, 0.25) is 0 Å². The molecule has 3 aromatic rings. The molecule has 1 heterocycles. The van der Waals surface area contributed by atoms with E-state index in [2.05, 4.69) is 18.8 Å². The van der Waals surface area contributed by atoms with E-state index >= 15 is 0 Å². The Hall–Kier alpha value is -2.74. The molecule has 0 aromatic heterocycles. The van der Waals surface area contributed by atoms with E-state index in [1.54, 1.807) is 24.3 Å². The van der Waals surface area contributed by atoms with Gasteiger partial charge >= 0.3 is 0 Å². The van der Waals surface area contributed by atoms with Gasteiger partial charge in [-0.3, -0.25) is 0 Å². The molecule has 0 atom stereocenters. The van der Waals surface area contributed by atoms with Crippen molar-refractivity contribution in [3.63, 3.8) is 0 Å². The molecule has 1 aliphatic heterocycles. The summed E-state index contributed by atoms with van der Waals surface area (Å²) in [5, 5.41) is 0.885. The van der Waals surface area contributed by atoms with Crippen molar-refractivity contribution < 1.29 is 18.3 Å². The van der Waals surface area contributed by atoms with Crippen LogP contribution in [-0.4, -0.2) is 13.2 Å². The van der Waals surface area contributed by atoms with Crippen LogP contribution in [-0.2, 0) is 9.47 Å². The first-order valence-electron chi connectivity index (χ1n) is 10.9. The predicted molar refractivity (Wildman–Crippen MR) is 119 cm³/mol. The Labute approximate surface area is 182 Å². The van der Waals surface area contributed by atoms with Crippen molar-refractivity contribution in [2.45, 2.75) is 38.9 Å². The second kappa shape index (κ2) is 10.0. The number of hydrogen-bond acceptors (Lipinski definition) is 2. The summed E-state index contributed by atoms with van der Waals surface area (Å²) in [5.41, 5.74) is 2.60. The zero-order valence-corrected chi connectivity index (χ0v) is 17.7. The van der Waals surface area contributed by atoms with E-state index in [1.807, 2.05) is 24.3 Å². The van der Waals surface area contributed by atoms with E-state index < -0.39 is 11.6 Å². The number of unbranched alkanes of at least 4 members (excludes halogenated alkanes) is 2. The van der Waals surface area contributed by atoms with Gasteiger partial charge in [-0.2, -0.15) is 0 Å². The largest absolute Gasteiger partial charge is 0.348 e. The van der Waals surface area contributed by atoms with E-state index in [1.165, 1.54) is 19.3 Å². The molecule has 0 radical (unpaired) electrons. The quantitative estimate of drug-likeness (QED) is 0.335. The lowest BCUT2D eigenvalue weighted by atomic mass is 10.0. The van der Waals surface area contributed by atoms with Gasteiger partial charge in [0, 0.05) is 28.0 Å². The number of hydrogen-bond donors (Lipinski definition) is 0. The number of fused-ring (bicyclic) bond motifs is 1. The summed E-state index contributed by atoms with van der Waals surface area (Å²) < 4.78 is 39.0. The van der Waals surface area contributed by atoms with E-state index in [9.17, 15) is 8.78 Å². The minimum Gasteiger partial charge on any atom is -0.348 e. The van der Waals surface area contributed by atoms with E-state index in [4.69, 9.17) is 9.47 Å². The molecule has 2 nitrogen and oxygen atoms in total. The first kappa shape index (κ1) is 21.5. The van der Waals surface area contributed by atoms with Crippen LogP contribution in [0.5, 0.6) is 0 Å². The monoisotopic (exact) mass is 420 g/mol. The molecule has 1 fully saturated rings. The Morgan fingerprint density at radius 2 is 1.58 bits per heavy atom. The SMILES string of the molecule is CCCCCC1COC(c2ccc(C#Cc3ccc4c(F)c(F)ccc4c3)cc2)OC1. The molecule has 3 aromatic carbocycles. The van der Waals surface area contributed by atoms with Crippen molar-refractivity contribution in [2.24, 2.45) is 5.92 Å². The summed E-state index contributed by atoms with van der Waals surface area (Å²) in [6.07, 6.45) is 4.56. The van der Waals surface area contributed by atoms with Crippen LogP contribution in [0, 0.1) is 29.4 Å². The Morgan fingerprint density at radius 3 is 2.32 bits per heavy atom. The first-order chi connectivity index (χ1) is 15.1. The Bertz CT molecular complexity index is 1090. The van der Waals surface area contributed by atoms with Crippen molar-refractivity contribution in [1.29, 1.82) is 0 Å². The summed E-state index contributed by atoms with van der Waals surface area (Å²) in [5.74, 6) is 5.02. The third-order valence-electron chi connectivity index (χ3n) is 5.62. The van der Waals surface area contributed by atoms with Crippen molar-refractivity contribution in [3.05, 3.63) is 82.9 Å². The number of ether oxygens (including phenoxy) is 2. The molecular formula is C27H26F2O2. The average Bonchev–Trinajstić information content (AvgIpc) is 2.81. The highest BCUT2D eigenvalue weighted by molar-refractivity contribution is 5.84. The molecule has 4 rings (SSSR count). The lowest BCUT2D eigenvalue weighted by Crippen LogP contribution is -2.27. The van der Waals surface area contributed by atoms with Crippen LogP contribution in [0.4, 0.5) is 8.78 Å². The highest BCUT2D eigenvalue weighted by Gasteiger charge is 2.23. The predicted octanol–water partition coefficient (Wildman–Crippen LogP) is 6.76. The standard InChI is InChI=1S/C27H26F2O2/c1-2-3-4-5-21-17-30-27(31-18-21)22-11-8-19(9-12-22)6-7-20-10-14-24-23(16-20)13-15-25(28)26(24)29/h8-16,21,27H,2-5,17-18H2,1H3. The molecule has 0 bridgehead atoms. The first-order valence-corrected chi connectivity index (χ1v) is 10.9. The van der Waals surface area contributed by atoms with Gasteiger partial charge in [-0.1, -0.05) is 62.3 Å². The van der Waals surface area contributed by atoms with Gasteiger partial charge in [-0.25, -0.2) is 8.78 Å². The lowest BCUT2D eigenvalue weighted by molar-refractivity contribution is -0.206. The molecular weight excluding hydrogens is 394 g/mol. The van der Waals surface area contributed by atoms with Gasteiger partial charge in [0.2, 0.25) is 0 Å². The molecule has 0 aliphatic carbocycles. The molecule has 160 valence electrons. The van der Waals surface area contributed by atoms with Gasteiger partial charge in [0.05, 0.1) is 13.2 Å². The van der Waals surface area contributed by atoms with E-state index in [0.29, 0.717) is 11.3 Å². The molecule has 4 heteroatoms. The van der Waals surface area contributed by atoms with Crippen molar-refractivity contribution in [2.75, 3.05) is 13.2 Å². The molecule has 1 aliphatic rings. The molecule has 0 unspecified atom stereocenters. The summed E-state index contributed by atoms with van der Waals surface area (Å²) >= 11 is 0. The smallest absolute Gasteiger partial charge is 0.183 e. The normalized spacial score (nSPS) is 18.5. The highest BCUT2D eigenvalue weighted by atomic mass is 19.2. The topological polar surface area (TPSA) is 18.5 Å². The highest BCUT2D eigenvalue weighted by Crippen LogP contribution is 2.27. The van der Waals surface area contributed by atoms with Gasteiger partial charge in [0.1, 0.15) is 0 Å². The fourth-order valence-corrected chi connectivity index (χ4v) is 3.80. The fraction of sp³-hybridized carbons (Fsp3) is 0.333. The van der Waals surface area contributed by atoms with Gasteiger partial charge in [0.25, 0.3) is 0 Å². The van der Waals surface area contributed by atoms with Crippen molar-refractivity contribution in [1.82, 2.24) is 0 Å². The maximum Gasteiger partial charge on any atom is 0.183 e. The molecule has 0 spiro atoms. The average molecular weight is 420 g/mol. The molecule has 0 amide bonds. The zero-order valence-electron chi connectivity index (χ0n) is 17.7. The fourth-order valence-electron chi connectivity index (χ4n) is 3.80. The second-order valence-corrected chi connectivity index (χ2v) is 8.03. The Morgan fingerprint density at radius 1 is 0.871 bits per heavy atom. The van der Waals surface area contributed by atoms with E-state index in [0.717, 1.165) is 42.4 Å². The third kappa shape index (κ3) is 5.31. The molecule has 0 N–H and O–H groups in total. The van der Waals surface area contributed by atoms with Crippen molar-refractivity contribution in [3.8, 4) is 11.8 Å². The Balaban J connectivity index is 1.38. The molecule has 1 saturated heterocycles. The van der Waals surface area contributed by atoms with Crippen LogP contribution in [0.15, 0.2) is 54.6 Å². The maximum absolute atomic E-state index is 13.8. The summed E-state index contributed by atoms with van der Waals surface area (Å²) in [7, 11) is 0. The van der Waals surface area contributed by atoms with Crippen LogP contribution in [0.3, 0.4) is 0 Å². The van der Waals surface area contributed by atoms with Crippen LogP contribution in [0.1, 0.15) is 55.6 Å². The summed E-state index contributed by atoms with van der Waals surface area (Å²) in [6, 6.07) is 15.6. The molecule has 31 heavy (non-hydrogen) atoms. The van der Waals surface area contributed by atoms with Gasteiger partial charge in [-0.15, -0.1) is 0 Å². The Kier molecular flexibility index (Phi) is 6.96. The zero-order chi connectivity index (χ0) is 21.6. The summed E-state index contributed by atoms with van der Waals surface area (Å²) in [4.78, 5) is 0. The van der Waals surface area contributed by atoms with Crippen LogP contribution in [0.25, 0.3) is 10.8 Å². The number of benzene rings is 3. The number of halogens is 2. The lowest BCUT2D eigenvalue weighted by Gasteiger charge is -2.29. The third-order valence-corrected chi connectivity index (χ3v) is 5.62. The summed E-state index contributed by atoms with van der Waals surface area (Å²) in [6.45, 7) is 3.69. The van der Waals surface area contributed by atoms with Gasteiger partial charge in [0.15, 0.2) is 17.9 Å². The maximum atomic E-state index is 13.8. The number of rotatable bonds is 5. The van der Waals surface area contributed by atoms with E-state index in [-0.39, 0.29) is 11.7 Å². The minimum atomic E-state index is -0.843. The minimum absolute atomic E-state index is 0.259. The van der Waals surface area contributed by atoms with Gasteiger partial charge in [-0.05, 0) is 42.1 Å². The van der Waals surface area contributed by atoms with Gasteiger partial charge < -0.3 is 9.47 Å². The second-order valence-electron chi connectivity index (χ2n) is 8.03. The van der Waals surface area contributed by atoms with Crippen LogP contribution >= 0.6 is 0 Å². The van der Waals surface area contributed by atoms with Crippen LogP contribution < -0.4 is 0 Å². The van der Waals surface area contributed by atoms with Crippen molar-refractivity contribution >= 4 is 10.8 Å². The molecule has 0 saturated carbocycles.